The molecule has 116 valence electrons. The SMILES string of the molecule is CCCn1nc(-c2ccc(NC(=O)CC)cc2)cc1C(=O)O. The molecular formula is C16H19N3O3. The number of carboxylic acid groups (broad SMARTS) is 1. The first-order valence-corrected chi connectivity index (χ1v) is 7.26. The van der Waals surface area contributed by atoms with E-state index in [1.54, 1.807) is 25.1 Å². The van der Waals surface area contributed by atoms with Crippen molar-refractivity contribution in [2.75, 3.05) is 5.32 Å². The number of hydrogen-bond donors (Lipinski definition) is 2. The van der Waals surface area contributed by atoms with Gasteiger partial charge in [0, 0.05) is 24.2 Å². The Morgan fingerprint density at radius 2 is 1.91 bits per heavy atom. The summed E-state index contributed by atoms with van der Waals surface area (Å²) in [5, 5.41) is 16.3. The molecule has 2 N–H and O–H groups in total. The number of carbonyl (C=O) groups is 2. The molecule has 0 aliphatic carbocycles. The number of aromatic carboxylic acids is 1. The second-order valence-electron chi connectivity index (χ2n) is 4.92. The Morgan fingerprint density at radius 1 is 1.23 bits per heavy atom. The summed E-state index contributed by atoms with van der Waals surface area (Å²) in [5.41, 5.74) is 2.31. The van der Waals surface area contributed by atoms with Crippen LogP contribution in [0.5, 0.6) is 0 Å². The molecule has 0 saturated carbocycles. The van der Waals surface area contributed by atoms with Gasteiger partial charge in [0.2, 0.25) is 5.91 Å². The number of amides is 1. The van der Waals surface area contributed by atoms with Crippen molar-refractivity contribution in [3.8, 4) is 11.3 Å². The third kappa shape index (κ3) is 3.52. The topological polar surface area (TPSA) is 84.2 Å². The highest BCUT2D eigenvalue weighted by molar-refractivity contribution is 5.91. The Bertz CT molecular complexity index is 674. The van der Waals surface area contributed by atoms with Crippen LogP contribution in [0, 0.1) is 0 Å². The van der Waals surface area contributed by atoms with Gasteiger partial charge < -0.3 is 10.4 Å². The minimum Gasteiger partial charge on any atom is -0.477 e. The number of carboxylic acids is 1. The molecule has 2 aromatic rings. The van der Waals surface area contributed by atoms with Gasteiger partial charge in [-0.15, -0.1) is 0 Å². The number of nitrogens with one attached hydrogen (secondary N) is 1. The van der Waals surface area contributed by atoms with E-state index in [9.17, 15) is 14.7 Å². The Hall–Kier alpha value is -2.63. The predicted molar refractivity (Wildman–Crippen MR) is 83.8 cm³/mol. The van der Waals surface area contributed by atoms with Crippen molar-refractivity contribution in [2.24, 2.45) is 0 Å². The van der Waals surface area contributed by atoms with Crippen LogP contribution in [0.25, 0.3) is 11.3 Å². The molecule has 0 aliphatic heterocycles. The molecule has 1 amide bonds. The molecule has 6 heteroatoms. The first kappa shape index (κ1) is 15.8. The minimum atomic E-state index is -0.987. The number of anilines is 1. The molecule has 22 heavy (non-hydrogen) atoms. The van der Waals surface area contributed by atoms with Gasteiger partial charge in [-0.2, -0.15) is 5.10 Å². The van der Waals surface area contributed by atoms with E-state index < -0.39 is 5.97 Å². The molecule has 0 saturated heterocycles. The molecule has 0 fully saturated rings. The van der Waals surface area contributed by atoms with E-state index in [1.165, 1.54) is 4.68 Å². The van der Waals surface area contributed by atoms with Crippen molar-refractivity contribution in [1.82, 2.24) is 9.78 Å². The zero-order chi connectivity index (χ0) is 16.1. The second-order valence-corrected chi connectivity index (χ2v) is 4.92. The van der Waals surface area contributed by atoms with Crippen LogP contribution in [0.4, 0.5) is 5.69 Å². The van der Waals surface area contributed by atoms with E-state index in [4.69, 9.17) is 0 Å². The van der Waals surface area contributed by atoms with E-state index in [1.807, 2.05) is 19.1 Å². The fourth-order valence-corrected chi connectivity index (χ4v) is 2.09. The summed E-state index contributed by atoms with van der Waals surface area (Å²) < 4.78 is 1.50. The van der Waals surface area contributed by atoms with Gasteiger partial charge in [-0.3, -0.25) is 9.48 Å². The average molecular weight is 301 g/mol. The highest BCUT2D eigenvalue weighted by Crippen LogP contribution is 2.22. The van der Waals surface area contributed by atoms with Gasteiger partial charge >= 0.3 is 5.97 Å². The van der Waals surface area contributed by atoms with Crippen molar-refractivity contribution >= 4 is 17.6 Å². The first-order valence-electron chi connectivity index (χ1n) is 7.26. The summed E-state index contributed by atoms with van der Waals surface area (Å²) in [7, 11) is 0. The van der Waals surface area contributed by atoms with Crippen LogP contribution in [-0.4, -0.2) is 26.8 Å². The fourth-order valence-electron chi connectivity index (χ4n) is 2.09. The lowest BCUT2D eigenvalue weighted by Gasteiger charge is -2.04. The molecule has 1 aromatic heterocycles. The fraction of sp³-hybridized carbons (Fsp3) is 0.312. The number of aryl methyl sites for hydroxylation is 1. The molecule has 0 spiro atoms. The Kier molecular flexibility index (Phi) is 4.93. The maximum Gasteiger partial charge on any atom is 0.354 e. The standard InChI is InChI=1S/C16H19N3O3/c1-3-9-19-14(16(21)22)10-13(18-19)11-5-7-12(8-6-11)17-15(20)4-2/h5-8,10H,3-4,9H2,1-2H3,(H,17,20)(H,21,22). The molecule has 0 aliphatic rings. The monoisotopic (exact) mass is 301 g/mol. The number of nitrogens with zero attached hydrogens (tertiary/aromatic N) is 2. The molecular weight excluding hydrogens is 282 g/mol. The van der Waals surface area contributed by atoms with Crippen LogP contribution in [0.3, 0.4) is 0 Å². The summed E-state index contributed by atoms with van der Waals surface area (Å²) in [6.45, 7) is 4.32. The second kappa shape index (κ2) is 6.89. The zero-order valence-corrected chi connectivity index (χ0v) is 12.7. The highest BCUT2D eigenvalue weighted by atomic mass is 16.4. The van der Waals surface area contributed by atoms with Crippen molar-refractivity contribution in [1.29, 1.82) is 0 Å². The normalized spacial score (nSPS) is 10.5. The number of rotatable bonds is 6. The lowest BCUT2D eigenvalue weighted by Crippen LogP contribution is -2.09. The Morgan fingerprint density at radius 3 is 2.45 bits per heavy atom. The van der Waals surface area contributed by atoms with E-state index in [0.717, 1.165) is 12.0 Å². The maximum atomic E-state index is 11.3. The average Bonchev–Trinajstić information content (AvgIpc) is 2.92. The molecule has 0 radical (unpaired) electrons. The van der Waals surface area contributed by atoms with E-state index in [2.05, 4.69) is 10.4 Å². The molecule has 1 aromatic carbocycles. The lowest BCUT2D eigenvalue weighted by molar-refractivity contribution is -0.115. The van der Waals surface area contributed by atoms with Gasteiger partial charge in [0.05, 0.1) is 5.69 Å². The smallest absolute Gasteiger partial charge is 0.354 e. The number of aromatic nitrogens is 2. The van der Waals surface area contributed by atoms with Gasteiger partial charge in [0.15, 0.2) is 0 Å². The van der Waals surface area contributed by atoms with Crippen molar-refractivity contribution in [3.05, 3.63) is 36.0 Å². The third-order valence-corrected chi connectivity index (χ3v) is 3.22. The number of carbonyl (C=O) groups excluding carboxylic acids is 1. The number of hydrogen-bond acceptors (Lipinski definition) is 3. The van der Waals surface area contributed by atoms with Crippen molar-refractivity contribution in [2.45, 2.75) is 33.2 Å². The van der Waals surface area contributed by atoms with Crippen molar-refractivity contribution < 1.29 is 14.7 Å². The molecule has 0 atom stereocenters. The summed E-state index contributed by atoms with van der Waals surface area (Å²) in [4.78, 5) is 22.6. The predicted octanol–water partition coefficient (Wildman–Crippen LogP) is 3.01. The quantitative estimate of drug-likeness (QED) is 0.859. The molecule has 2 rings (SSSR count). The van der Waals surface area contributed by atoms with Crippen LogP contribution >= 0.6 is 0 Å². The van der Waals surface area contributed by atoms with Crippen LogP contribution in [0.2, 0.25) is 0 Å². The molecule has 0 bridgehead atoms. The van der Waals surface area contributed by atoms with Crippen LogP contribution in [-0.2, 0) is 11.3 Å². The molecule has 0 unspecified atom stereocenters. The van der Waals surface area contributed by atoms with Crippen LogP contribution in [0.1, 0.15) is 37.2 Å². The maximum absolute atomic E-state index is 11.3. The van der Waals surface area contributed by atoms with Gasteiger partial charge in [-0.05, 0) is 24.6 Å². The third-order valence-electron chi connectivity index (χ3n) is 3.22. The van der Waals surface area contributed by atoms with E-state index in [0.29, 0.717) is 24.3 Å². The lowest BCUT2D eigenvalue weighted by atomic mass is 10.1. The number of benzene rings is 1. The highest BCUT2D eigenvalue weighted by Gasteiger charge is 2.14. The summed E-state index contributed by atoms with van der Waals surface area (Å²) in [6, 6.07) is 8.76. The molecule has 1 heterocycles. The Labute approximate surface area is 128 Å². The molecule has 6 nitrogen and oxygen atoms in total. The van der Waals surface area contributed by atoms with Gasteiger partial charge in [-0.25, -0.2) is 4.79 Å². The van der Waals surface area contributed by atoms with E-state index in [-0.39, 0.29) is 11.6 Å². The van der Waals surface area contributed by atoms with Crippen LogP contribution < -0.4 is 5.32 Å². The van der Waals surface area contributed by atoms with Gasteiger partial charge in [0.1, 0.15) is 5.69 Å². The summed E-state index contributed by atoms with van der Waals surface area (Å²) >= 11 is 0. The first-order chi connectivity index (χ1) is 10.5. The summed E-state index contributed by atoms with van der Waals surface area (Å²) in [5.74, 6) is -1.04. The largest absolute Gasteiger partial charge is 0.477 e. The van der Waals surface area contributed by atoms with E-state index >= 15 is 0 Å². The summed E-state index contributed by atoms with van der Waals surface area (Å²) in [6.07, 6.45) is 1.23. The minimum absolute atomic E-state index is 0.0480. The van der Waals surface area contributed by atoms with Crippen molar-refractivity contribution in [3.63, 3.8) is 0 Å². The zero-order valence-electron chi connectivity index (χ0n) is 12.7. The van der Waals surface area contributed by atoms with Gasteiger partial charge in [-0.1, -0.05) is 26.0 Å². The Balaban J connectivity index is 2.26. The van der Waals surface area contributed by atoms with Crippen LogP contribution in [0.15, 0.2) is 30.3 Å². The van der Waals surface area contributed by atoms with Gasteiger partial charge in [0.25, 0.3) is 0 Å².